The van der Waals surface area contributed by atoms with Gasteiger partial charge in [-0.1, -0.05) is 72.8 Å². The number of hydrogen-bond acceptors (Lipinski definition) is 3. The molecule has 1 N–H and O–H groups in total. The maximum atomic E-state index is 9.55. The SMILES string of the molecule is Cc1ccccc1C=CC(C=Cc1ccc(O)cc1)=Cc1ccc(OC(C)(C)OC(C)(C)C)cc1. The van der Waals surface area contributed by atoms with Crippen LogP contribution in [-0.4, -0.2) is 16.5 Å². The number of rotatable bonds is 8. The van der Waals surface area contributed by atoms with Crippen LogP contribution in [0.25, 0.3) is 18.2 Å². The minimum atomic E-state index is -0.732. The Labute approximate surface area is 210 Å². The van der Waals surface area contributed by atoms with Gasteiger partial charge in [0.15, 0.2) is 0 Å². The van der Waals surface area contributed by atoms with E-state index in [1.807, 2.05) is 89.2 Å². The third kappa shape index (κ3) is 8.95. The molecule has 3 nitrogen and oxygen atoms in total. The predicted octanol–water partition coefficient (Wildman–Crippen LogP) is 8.44. The molecule has 0 aromatic heterocycles. The van der Waals surface area contributed by atoms with Gasteiger partial charge in [0.05, 0.1) is 5.60 Å². The zero-order chi connectivity index (χ0) is 25.5. The highest BCUT2D eigenvalue weighted by atomic mass is 16.7. The van der Waals surface area contributed by atoms with Crippen molar-refractivity contribution in [2.75, 3.05) is 0 Å². The Morgan fingerprint density at radius 3 is 1.97 bits per heavy atom. The molecule has 0 aliphatic carbocycles. The van der Waals surface area contributed by atoms with Gasteiger partial charge in [-0.05, 0) is 85.9 Å². The predicted molar refractivity (Wildman–Crippen MR) is 147 cm³/mol. The number of hydrogen-bond donors (Lipinski definition) is 1. The lowest BCUT2D eigenvalue weighted by Gasteiger charge is -2.33. The van der Waals surface area contributed by atoms with Crippen LogP contribution < -0.4 is 4.74 Å². The number of aromatic hydroxyl groups is 1. The Morgan fingerprint density at radius 2 is 1.34 bits per heavy atom. The molecule has 3 aromatic rings. The van der Waals surface area contributed by atoms with Gasteiger partial charge in [-0.25, -0.2) is 0 Å². The van der Waals surface area contributed by atoms with E-state index in [1.165, 1.54) is 11.1 Å². The van der Waals surface area contributed by atoms with Gasteiger partial charge >= 0.3 is 0 Å². The van der Waals surface area contributed by atoms with Crippen molar-refractivity contribution in [3.63, 3.8) is 0 Å². The lowest BCUT2D eigenvalue weighted by molar-refractivity contribution is -0.213. The van der Waals surface area contributed by atoms with Crippen LogP contribution in [0.1, 0.15) is 56.9 Å². The van der Waals surface area contributed by atoms with Crippen LogP contribution in [-0.2, 0) is 4.74 Å². The van der Waals surface area contributed by atoms with Crippen molar-refractivity contribution in [2.45, 2.75) is 52.9 Å². The molecule has 0 saturated heterocycles. The molecular formula is C32H36O3. The summed E-state index contributed by atoms with van der Waals surface area (Å²) in [4.78, 5) is 0. The van der Waals surface area contributed by atoms with Crippen LogP contribution in [0.3, 0.4) is 0 Å². The third-order valence-corrected chi connectivity index (χ3v) is 5.13. The molecule has 3 heteroatoms. The van der Waals surface area contributed by atoms with Gasteiger partial charge < -0.3 is 14.6 Å². The summed E-state index contributed by atoms with van der Waals surface area (Å²) >= 11 is 0. The summed E-state index contributed by atoms with van der Waals surface area (Å²) in [5.74, 6) is 0.285. The highest BCUT2D eigenvalue weighted by molar-refractivity contribution is 5.69. The number of ether oxygens (including phenoxy) is 2. The van der Waals surface area contributed by atoms with E-state index >= 15 is 0 Å². The van der Waals surface area contributed by atoms with Crippen LogP contribution in [0, 0.1) is 6.92 Å². The summed E-state index contributed by atoms with van der Waals surface area (Å²) in [5, 5.41) is 9.55. The van der Waals surface area contributed by atoms with Crippen molar-refractivity contribution in [3.05, 3.63) is 113 Å². The molecule has 0 fully saturated rings. The minimum absolute atomic E-state index is 0.260. The van der Waals surface area contributed by atoms with E-state index in [0.29, 0.717) is 0 Å². The van der Waals surface area contributed by atoms with Crippen LogP contribution in [0.5, 0.6) is 11.5 Å². The molecule has 0 saturated carbocycles. The quantitative estimate of drug-likeness (QED) is 0.266. The first-order valence-corrected chi connectivity index (χ1v) is 11.9. The molecule has 0 heterocycles. The zero-order valence-corrected chi connectivity index (χ0v) is 21.6. The molecule has 3 rings (SSSR count). The Bertz CT molecular complexity index is 1190. The summed E-state index contributed by atoms with van der Waals surface area (Å²) in [6.07, 6.45) is 10.5. The van der Waals surface area contributed by atoms with E-state index in [4.69, 9.17) is 9.47 Å². The first-order valence-electron chi connectivity index (χ1n) is 11.9. The van der Waals surface area contributed by atoms with Gasteiger partial charge in [0.25, 0.3) is 0 Å². The van der Waals surface area contributed by atoms with Gasteiger partial charge in [-0.15, -0.1) is 0 Å². The largest absolute Gasteiger partial charge is 0.508 e. The summed E-state index contributed by atoms with van der Waals surface area (Å²) in [7, 11) is 0. The van der Waals surface area contributed by atoms with Crippen molar-refractivity contribution in [1.29, 1.82) is 0 Å². The maximum Gasteiger partial charge on any atom is 0.205 e. The van der Waals surface area contributed by atoms with E-state index in [-0.39, 0.29) is 11.4 Å². The summed E-state index contributed by atoms with van der Waals surface area (Å²) in [6.45, 7) is 12.0. The van der Waals surface area contributed by atoms with E-state index in [2.05, 4.69) is 43.4 Å². The Morgan fingerprint density at radius 1 is 0.743 bits per heavy atom. The third-order valence-electron chi connectivity index (χ3n) is 5.13. The van der Waals surface area contributed by atoms with E-state index < -0.39 is 5.79 Å². The minimum Gasteiger partial charge on any atom is -0.508 e. The summed E-state index contributed by atoms with van der Waals surface area (Å²) < 4.78 is 12.1. The molecule has 0 bridgehead atoms. The molecule has 0 unspecified atom stereocenters. The second-order valence-corrected chi connectivity index (χ2v) is 10.0. The molecule has 0 aliphatic rings. The number of aryl methyl sites for hydroxylation is 1. The lowest BCUT2D eigenvalue weighted by Crippen LogP contribution is -2.39. The first-order chi connectivity index (χ1) is 16.5. The molecule has 0 aliphatic heterocycles. The fraction of sp³-hybridized carbons (Fsp3) is 0.250. The zero-order valence-electron chi connectivity index (χ0n) is 21.6. The van der Waals surface area contributed by atoms with E-state index in [9.17, 15) is 5.11 Å². The van der Waals surface area contributed by atoms with Crippen LogP contribution in [0.2, 0.25) is 0 Å². The van der Waals surface area contributed by atoms with Gasteiger partial charge in [0.2, 0.25) is 5.79 Å². The topological polar surface area (TPSA) is 38.7 Å². The average Bonchev–Trinajstić information content (AvgIpc) is 2.77. The molecule has 35 heavy (non-hydrogen) atoms. The smallest absolute Gasteiger partial charge is 0.205 e. The number of allylic oxidation sites excluding steroid dienone is 3. The van der Waals surface area contributed by atoms with Crippen molar-refractivity contribution in [1.82, 2.24) is 0 Å². The molecule has 3 aromatic carbocycles. The molecule has 182 valence electrons. The van der Waals surface area contributed by atoms with Gasteiger partial charge in [0, 0.05) is 13.8 Å². The average molecular weight is 469 g/mol. The van der Waals surface area contributed by atoms with E-state index in [0.717, 1.165) is 22.4 Å². The molecule has 0 atom stereocenters. The van der Waals surface area contributed by atoms with Gasteiger partial charge in [-0.3, -0.25) is 0 Å². The molecule has 0 spiro atoms. The van der Waals surface area contributed by atoms with Crippen LogP contribution in [0.15, 0.2) is 90.5 Å². The fourth-order valence-electron chi connectivity index (χ4n) is 3.76. The van der Waals surface area contributed by atoms with Crippen molar-refractivity contribution >= 4 is 18.2 Å². The standard InChI is InChI=1S/C32H36O3/c1-24-9-7-8-10-28(24)18-13-26(12-11-25-14-19-29(33)20-15-25)23-27-16-21-30(22-17-27)34-32(5,6)35-31(2,3)4/h7-23,33H,1-6H3. The van der Waals surface area contributed by atoms with Crippen molar-refractivity contribution in [3.8, 4) is 11.5 Å². The van der Waals surface area contributed by atoms with Crippen molar-refractivity contribution < 1.29 is 14.6 Å². The monoisotopic (exact) mass is 468 g/mol. The van der Waals surface area contributed by atoms with Crippen LogP contribution in [0.4, 0.5) is 0 Å². The second-order valence-electron chi connectivity index (χ2n) is 10.0. The van der Waals surface area contributed by atoms with Crippen LogP contribution >= 0.6 is 0 Å². The van der Waals surface area contributed by atoms with E-state index in [1.54, 1.807) is 12.1 Å². The van der Waals surface area contributed by atoms with Gasteiger partial charge in [0.1, 0.15) is 11.5 Å². The molecule has 0 radical (unpaired) electrons. The number of phenols is 1. The van der Waals surface area contributed by atoms with Crippen molar-refractivity contribution in [2.24, 2.45) is 0 Å². The lowest BCUT2D eigenvalue weighted by atomic mass is 10.0. The maximum absolute atomic E-state index is 9.55. The Balaban J connectivity index is 1.84. The normalized spacial score (nSPS) is 13.0. The molecular weight excluding hydrogens is 432 g/mol. The summed E-state index contributed by atoms with van der Waals surface area (Å²) in [6, 6.07) is 23.5. The summed E-state index contributed by atoms with van der Waals surface area (Å²) in [5.41, 5.74) is 5.24. The first kappa shape index (κ1) is 26.1. The molecule has 0 amide bonds. The highest BCUT2D eigenvalue weighted by Gasteiger charge is 2.27. The Kier molecular flexibility index (Phi) is 8.37. The van der Waals surface area contributed by atoms with Gasteiger partial charge in [-0.2, -0.15) is 0 Å². The number of phenolic OH excluding ortho intramolecular Hbond substituents is 1. The second kappa shape index (κ2) is 11.2. The number of benzene rings is 3. The fourth-order valence-corrected chi connectivity index (χ4v) is 3.76. The Hall–Kier alpha value is -3.56. The highest BCUT2D eigenvalue weighted by Crippen LogP contribution is 2.25.